The average molecular weight is 271 g/mol. The molecule has 15 heavy (non-hydrogen) atoms. The molecule has 0 radical (unpaired) electrons. The monoisotopic (exact) mass is 270 g/mol. The molecule has 1 nitrogen and oxygen atoms in total. The molecule has 0 fully saturated rings. The van der Waals surface area contributed by atoms with Crippen molar-refractivity contribution in [3.05, 3.63) is 34.3 Å². The standard InChI is InChI=1S/C13H19BrO/c1-3-8-13(15,4-2)10-11-6-5-7-12(14)9-11/h5-7,9,15H,3-4,8,10H2,1-2H3. The molecule has 0 aromatic heterocycles. The molecule has 2 heteroatoms. The highest BCUT2D eigenvalue weighted by Crippen LogP contribution is 2.24. The summed E-state index contributed by atoms with van der Waals surface area (Å²) in [5.41, 5.74) is 0.664. The highest BCUT2D eigenvalue weighted by molar-refractivity contribution is 9.10. The number of hydrogen-bond acceptors (Lipinski definition) is 1. The molecule has 0 heterocycles. The van der Waals surface area contributed by atoms with Crippen LogP contribution in [0.4, 0.5) is 0 Å². The fourth-order valence-corrected chi connectivity index (χ4v) is 2.33. The third-order valence-corrected chi connectivity index (χ3v) is 3.29. The molecule has 0 aliphatic heterocycles. The summed E-state index contributed by atoms with van der Waals surface area (Å²) >= 11 is 3.45. The molecule has 0 amide bonds. The van der Waals surface area contributed by atoms with Crippen LogP contribution in [0.15, 0.2) is 28.7 Å². The van der Waals surface area contributed by atoms with E-state index in [2.05, 4.69) is 35.0 Å². The summed E-state index contributed by atoms with van der Waals surface area (Å²) in [6.45, 7) is 4.16. The molecule has 1 N–H and O–H groups in total. The Morgan fingerprint density at radius 2 is 2.07 bits per heavy atom. The Bertz CT molecular complexity index is 311. The van der Waals surface area contributed by atoms with Crippen molar-refractivity contribution >= 4 is 15.9 Å². The van der Waals surface area contributed by atoms with Crippen molar-refractivity contribution in [3.8, 4) is 0 Å². The van der Waals surface area contributed by atoms with Gasteiger partial charge in [-0.2, -0.15) is 0 Å². The molecule has 1 atom stereocenters. The van der Waals surface area contributed by atoms with Gasteiger partial charge in [0.15, 0.2) is 0 Å². The molecule has 1 unspecified atom stereocenters. The first-order valence-corrected chi connectivity index (χ1v) is 6.36. The van der Waals surface area contributed by atoms with Gasteiger partial charge in [-0.3, -0.25) is 0 Å². The first-order valence-electron chi connectivity index (χ1n) is 5.56. The van der Waals surface area contributed by atoms with Crippen LogP contribution in [0, 0.1) is 0 Å². The highest BCUT2D eigenvalue weighted by Gasteiger charge is 2.23. The Morgan fingerprint density at radius 1 is 1.33 bits per heavy atom. The van der Waals surface area contributed by atoms with E-state index in [0.717, 1.165) is 30.2 Å². The molecular weight excluding hydrogens is 252 g/mol. The van der Waals surface area contributed by atoms with Gasteiger partial charge < -0.3 is 5.11 Å². The van der Waals surface area contributed by atoms with Crippen molar-refractivity contribution in [1.29, 1.82) is 0 Å². The van der Waals surface area contributed by atoms with Crippen molar-refractivity contribution < 1.29 is 5.11 Å². The molecule has 0 saturated heterocycles. The van der Waals surface area contributed by atoms with Crippen LogP contribution in [0.3, 0.4) is 0 Å². The topological polar surface area (TPSA) is 20.2 Å². The summed E-state index contributed by atoms with van der Waals surface area (Å²) in [5.74, 6) is 0. The van der Waals surface area contributed by atoms with E-state index in [1.807, 2.05) is 19.1 Å². The van der Waals surface area contributed by atoms with Crippen molar-refractivity contribution in [2.75, 3.05) is 0 Å². The van der Waals surface area contributed by atoms with Gasteiger partial charge in [0, 0.05) is 10.9 Å². The Morgan fingerprint density at radius 3 is 2.60 bits per heavy atom. The van der Waals surface area contributed by atoms with E-state index in [1.54, 1.807) is 0 Å². The lowest BCUT2D eigenvalue weighted by atomic mass is 9.88. The molecule has 84 valence electrons. The minimum absolute atomic E-state index is 0.532. The predicted molar refractivity (Wildman–Crippen MR) is 68.0 cm³/mol. The van der Waals surface area contributed by atoms with Crippen molar-refractivity contribution in [2.45, 2.75) is 45.1 Å². The lowest BCUT2D eigenvalue weighted by Crippen LogP contribution is -2.30. The van der Waals surface area contributed by atoms with Crippen molar-refractivity contribution in [2.24, 2.45) is 0 Å². The molecule has 0 bridgehead atoms. The summed E-state index contributed by atoms with van der Waals surface area (Å²) in [5, 5.41) is 10.3. The number of hydrogen-bond donors (Lipinski definition) is 1. The molecule has 1 aromatic carbocycles. The normalized spacial score (nSPS) is 14.9. The van der Waals surface area contributed by atoms with E-state index in [1.165, 1.54) is 5.56 Å². The van der Waals surface area contributed by atoms with E-state index in [-0.39, 0.29) is 0 Å². The number of rotatable bonds is 5. The van der Waals surface area contributed by atoms with Gasteiger partial charge in [0.1, 0.15) is 0 Å². The summed E-state index contributed by atoms with van der Waals surface area (Å²) in [7, 11) is 0. The van der Waals surface area contributed by atoms with Crippen molar-refractivity contribution in [1.82, 2.24) is 0 Å². The molecule has 1 aromatic rings. The van der Waals surface area contributed by atoms with E-state index < -0.39 is 5.60 Å². The maximum absolute atomic E-state index is 10.3. The van der Waals surface area contributed by atoms with Crippen LogP contribution in [0.2, 0.25) is 0 Å². The second-order valence-corrected chi connectivity index (χ2v) is 5.05. The number of benzene rings is 1. The minimum Gasteiger partial charge on any atom is -0.390 e. The van der Waals surface area contributed by atoms with Crippen LogP contribution in [0.5, 0.6) is 0 Å². The quantitative estimate of drug-likeness (QED) is 0.860. The largest absolute Gasteiger partial charge is 0.390 e. The van der Waals surface area contributed by atoms with Crippen LogP contribution >= 0.6 is 15.9 Å². The van der Waals surface area contributed by atoms with Gasteiger partial charge in [0.2, 0.25) is 0 Å². The van der Waals surface area contributed by atoms with Crippen LogP contribution < -0.4 is 0 Å². The first kappa shape index (κ1) is 12.7. The second kappa shape index (κ2) is 5.66. The summed E-state index contributed by atoms with van der Waals surface area (Å²) in [4.78, 5) is 0. The zero-order valence-electron chi connectivity index (χ0n) is 9.46. The number of aliphatic hydroxyl groups is 1. The molecule has 0 saturated carbocycles. The van der Waals surface area contributed by atoms with Gasteiger partial charge in [-0.05, 0) is 30.5 Å². The van der Waals surface area contributed by atoms with E-state index >= 15 is 0 Å². The lowest BCUT2D eigenvalue weighted by molar-refractivity contribution is 0.0271. The van der Waals surface area contributed by atoms with Gasteiger partial charge >= 0.3 is 0 Å². The first-order chi connectivity index (χ1) is 7.09. The zero-order chi connectivity index (χ0) is 11.3. The van der Waals surface area contributed by atoms with Crippen molar-refractivity contribution in [3.63, 3.8) is 0 Å². The van der Waals surface area contributed by atoms with Crippen LogP contribution in [0.25, 0.3) is 0 Å². The predicted octanol–water partition coefficient (Wildman–Crippen LogP) is 3.93. The molecule has 1 rings (SSSR count). The van der Waals surface area contributed by atoms with E-state index in [9.17, 15) is 5.11 Å². The highest BCUT2D eigenvalue weighted by atomic mass is 79.9. The van der Waals surface area contributed by atoms with Crippen LogP contribution in [0.1, 0.15) is 38.7 Å². The van der Waals surface area contributed by atoms with E-state index in [0.29, 0.717) is 0 Å². The lowest BCUT2D eigenvalue weighted by Gasteiger charge is -2.26. The summed E-state index contributed by atoms with van der Waals surface area (Å²) in [6.07, 6.45) is 3.46. The third kappa shape index (κ3) is 3.96. The van der Waals surface area contributed by atoms with Gasteiger partial charge in [-0.15, -0.1) is 0 Å². The van der Waals surface area contributed by atoms with E-state index in [4.69, 9.17) is 0 Å². The van der Waals surface area contributed by atoms with Gasteiger partial charge in [-0.1, -0.05) is 48.3 Å². The maximum atomic E-state index is 10.3. The summed E-state index contributed by atoms with van der Waals surface area (Å²) < 4.78 is 1.08. The average Bonchev–Trinajstić information content (AvgIpc) is 2.18. The summed E-state index contributed by atoms with van der Waals surface area (Å²) in [6, 6.07) is 8.17. The van der Waals surface area contributed by atoms with Gasteiger partial charge in [-0.25, -0.2) is 0 Å². The molecule has 0 aliphatic rings. The smallest absolute Gasteiger partial charge is 0.0685 e. The van der Waals surface area contributed by atoms with Gasteiger partial charge in [0.25, 0.3) is 0 Å². The number of halogens is 1. The zero-order valence-corrected chi connectivity index (χ0v) is 11.0. The molecule has 0 aliphatic carbocycles. The Balaban J connectivity index is 2.74. The second-order valence-electron chi connectivity index (χ2n) is 4.13. The van der Waals surface area contributed by atoms with Crippen LogP contribution in [-0.2, 0) is 6.42 Å². The molecular formula is C13H19BrO. The third-order valence-electron chi connectivity index (χ3n) is 2.80. The minimum atomic E-state index is -0.532. The fraction of sp³-hybridized carbons (Fsp3) is 0.538. The Kier molecular flexibility index (Phi) is 4.81. The SMILES string of the molecule is CCCC(O)(CC)Cc1cccc(Br)c1. The molecule has 0 spiro atoms. The fourth-order valence-electron chi connectivity index (χ4n) is 1.88. The Labute approximate surface area is 101 Å². The van der Waals surface area contributed by atoms with Crippen LogP contribution in [-0.4, -0.2) is 10.7 Å². The van der Waals surface area contributed by atoms with Gasteiger partial charge in [0.05, 0.1) is 5.60 Å². The Hall–Kier alpha value is -0.340. The maximum Gasteiger partial charge on any atom is 0.0685 e.